The second-order valence-corrected chi connectivity index (χ2v) is 8.16. The number of rotatable bonds is 7. The fraction of sp³-hybridized carbons (Fsp3) is 0.381. The Kier molecular flexibility index (Phi) is 6.93. The summed E-state index contributed by atoms with van der Waals surface area (Å²) in [5, 5.41) is 13.6. The normalized spacial score (nSPS) is 15.0. The average molecular weight is 458 g/mol. The molecule has 10 nitrogen and oxygen atoms in total. The van der Waals surface area contributed by atoms with Crippen molar-refractivity contribution >= 4 is 23.5 Å². The van der Waals surface area contributed by atoms with Gasteiger partial charge in [0, 0.05) is 36.9 Å². The maximum Gasteiger partial charge on any atom is 0.277 e. The molecule has 0 radical (unpaired) electrons. The van der Waals surface area contributed by atoms with Crippen molar-refractivity contribution in [3.05, 3.63) is 64.5 Å². The Bertz CT molecular complexity index is 1050. The summed E-state index contributed by atoms with van der Waals surface area (Å²) in [7, 11) is 1.79. The third kappa shape index (κ3) is 5.21. The van der Waals surface area contributed by atoms with E-state index in [1.165, 1.54) is 12.4 Å². The minimum Gasteiger partial charge on any atom is -0.337 e. The molecule has 2 N–H and O–H groups in total. The molecule has 1 aromatic carbocycles. The largest absolute Gasteiger partial charge is 0.337 e. The number of nitrogens with one attached hydrogen (secondary N) is 1. The molecule has 0 bridgehead atoms. The van der Waals surface area contributed by atoms with Gasteiger partial charge in [-0.15, -0.1) is 0 Å². The number of nitrogens with zero attached hydrogens (tertiary/aromatic N) is 6. The summed E-state index contributed by atoms with van der Waals surface area (Å²) >= 11 is 6.29. The Morgan fingerprint density at radius 3 is 2.69 bits per heavy atom. The maximum absolute atomic E-state index is 11.4. The molecule has 2 aromatic heterocycles. The van der Waals surface area contributed by atoms with E-state index in [-0.39, 0.29) is 11.5 Å². The minimum absolute atomic E-state index is 0.158. The average Bonchev–Trinajstić information content (AvgIpc) is 3.29. The third-order valence-electron chi connectivity index (χ3n) is 5.50. The lowest BCUT2D eigenvalue weighted by Crippen LogP contribution is -2.32. The molecule has 0 atom stereocenters. The molecule has 0 aliphatic carbocycles. The SMILES string of the molecule is CN(Cc1nc(C2CCN(Cc3ccccc3Cl)CC2)no1)c1ncc(C(=O)NO)cn1. The third-order valence-corrected chi connectivity index (χ3v) is 5.87. The highest BCUT2D eigenvalue weighted by Gasteiger charge is 2.25. The van der Waals surface area contributed by atoms with Crippen LogP contribution >= 0.6 is 11.6 Å². The molecule has 3 heterocycles. The van der Waals surface area contributed by atoms with Crippen LogP contribution in [0.4, 0.5) is 5.95 Å². The lowest BCUT2D eigenvalue weighted by molar-refractivity contribution is 0.0705. The van der Waals surface area contributed by atoms with Crippen LogP contribution in [0.25, 0.3) is 0 Å². The first-order valence-electron chi connectivity index (χ1n) is 10.3. The first-order chi connectivity index (χ1) is 15.5. The molecule has 1 amide bonds. The van der Waals surface area contributed by atoms with Crippen LogP contribution in [0.15, 0.2) is 41.2 Å². The molecule has 11 heteroatoms. The van der Waals surface area contributed by atoms with E-state index < -0.39 is 5.91 Å². The Hall–Kier alpha value is -3.08. The van der Waals surface area contributed by atoms with Crippen molar-refractivity contribution in [2.45, 2.75) is 31.8 Å². The predicted molar refractivity (Wildman–Crippen MR) is 116 cm³/mol. The summed E-state index contributed by atoms with van der Waals surface area (Å²) in [5.74, 6) is 1.18. The van der Waals surface area contributed by atoms with Gasteiger partial charge in [-0.25, -0.2) is 15.4 Å². The molecular formula is C21H24ClN7O3. The van der Waals surface area contributed by atoms with Gasteiger partial charge in [0.1, 0.15) is 0 Å². The van der Waals surface area contributed by atoms with Gasteiger partial charge in [0.25, 0.3) is 5.91 Å². The molecule has 0 unspecified atom stereocenters. The Balaban J connectivity index is 1.30. The number of anilines is 1. The van der Waals surface area contributed by atoms with Crippen LogP contribution in [0.1, 0.15) is 46.4 Å². The number of carbonyl (C=O) groups excluding carboxylic acids is 1. The Morgan fingerprint density at radius 1 is 1.28 bits per heavy atom. The molecular weight excluding hydrogens is 434 g/mol. The quantitative estimate of drug-likeness (QED) is 0.407. The summed E-state index contributed by atoms with van der Waals surface area (Å²) in [6.07, 6.45) is 4.58. The number of carbonyl (C=O) groups is 1. The van der Waals surface area contributed by atoms with Gasteiger partial charge in [-0.3, -0.25) is 14.9 Å². The number of piperidine rings is 1. The number of benzene rings is 1. The van der Waals surface area contributed by atoms with E-state index in [1.807, 2.05) is 18.2 Å². The van der Waals surface area contributed by atoms with Crippen LogP contribution in [-0.4, -0.2) is 56.3 Å². The minimum atomic E-state index is -0.668. The summed E-state index contributed by atoms with van der Waals surface area (Å²) in [4.78, 5) is 28.3. The number of hydroxylamine groups is 1. The molecule has 1 aliphatic heterocycles. The summed E-state index contributed by atoms with van der Waals surface area (Å²) in [6, 6.07) is 7.94. The monoisotopic (exact) mass is 457 g/mol. The van der Waals surface area contributed by atoms with Crippen LogP contribution in [0, 0.1) is 0 Å². The van der Waals surface area contributed by atoms with Gasteiger partial charge in [0.15, 0.2) is 5.82 Å². The second kappa shape index (κ2) is 10.0. The molecule has 4 rings (SSSR count). The molecule has 0 spiro atoms. The number of hydrogen-bond donors (Lipinski definition) is 2. The van der Waals surface area contributed by atoms with Crippen molar-refractivity contribution in [3.63, 3.8) is 0 Å². The van der Waals surface area contributed by atoms with Gasteiger partial charge in [0.2, 0.25) is 11.8 Å². The summed E-state index contributed by atoms with van der Waals surface area (Å²) in [6.45, 7) is 3.07. The van der Waals surface area contributed by atoms with Crippen molar-refractivity contribution in [1.29, 1.82) is 0 Å². The fourth-order valence-electron chi connectivity index (χ4n) is 3.69. The standard InChI is InChI=1S/C21H24ClN7O3/c1-28(21-23-10-16(11-24-21)20(30)26-31)13-18-25-19(27-32-18)14-6-8-29(9-7-14)12-15-4-2-3-5-17(15)22/h2-5,10-11,14,31H,6-9,12-13H2,1H3,(H,26,30). The second-order valence-electron chi connectivity index (χ2n) is 7.76. The molecule has 1 saturated heterocycles. The Morgan fingerprint density at radius 2 is 2.00 bits per heavy atom. The number of likely N-dealkylation sites (tertiary alicyclic amines) is 1. The number of aromatic nitrogens is 4. The van der Waals surface area contributed by atoms with Gasteiger partial charge in [-0.05, 0) is 37.6 Å². The Labute approximate surface area is 190 Å². The summed E-state index contributed by atoms with van der Waals surface area (Å²) in [5.41, 5.74) is 2.85. The zero-order chi connectivity index (χ0) is 22.5. The molecule has 32 heavy (non-hydrogen) atoms. The van der Waals surface area contributed by atoms with E-state index in [4.69, 9.17) is 21.3 Å². The van der Waals surface area contributed by atoms with Crippen molar-refractivity contribution in [3.8, 4) is 0 Å². The van der Waals surface area contributed by atoms with Crippen molar-refractivity contribution in [2.24, 2.45) is 0 Å². The number of hydrogen-bond acceptors (Lipinski definition) is 9. The van der Waals surface area contributed by atoms with Crippen LogP contribution in [0.2, 0.25) is 5.02 Å². The number of halogens is 1. The molecule has 0 saturated carbocycles. The van der Waals surface area contributed by atoms with E-state index in [9.17, 15) is 4.79 Å². The lowest BCUT2D eigenvalue weighted by Gasteiger charge is -2.30. The highest BCUT2D eigenvalue weighted by atomic mass is 35.5. The predicted octanol–water partition coefficient (Wildman–Crippen LogP) is 2.65. The molecule has 1 fully saturated rings. The van der Waals surface area contributed by atoms with E-state index in [0.29, 0.717) is 18.4 Å². The van der Waals surface area contributed by atoms with Crippen molar-refractivity contribution in [1.82, 2.24) is 30.5 Å². The summed E-state index contributed by atoms with van der Waals surface area (Å²) < 4.78 is 5.44. The van der Waals surface area contributed by atoms with Crippen molar-refractivity contribution in [2.75, 3.05) is 25.0 Å². The zero-order valence-corrected chi connectivity index (χ0v) is 18.4. The first kappa shape index (κ1) is 22.1. The van der Waals surface area contributed by atoms with Crippen LogP contribution in [0.5, 0.6) is 0 Å². The van der Waals surface area contributed by atoms with Crippen LogP contribution < -0.4 is 10.4 Å². The first-order valence-corrected chi connectivity index (χ1v) is 10.7. The topological polar surface area (TPSA) is 121 Å². The van der Waals surface area contributed by atoms with Gasteiger partial charge in [-0.1, -0.05) is 35.0 Å². The van der Waals surface area contributed by atoms with E-state index in [2.05, 4.69) is 31.1 Å². The van der Waals surface area contributed by atoms with Gasteiger partial charge in [0.05, 0.1) is 12.1 Å². The fourth-order valence-corrected chi connectivity index (χ4v) is 3.88. The molecule has 1 aliphatic rings. The lowest BCUT2D eigenvalue weighted by atomic mass is 9.96. The van der Waals surface area contributed by atoms with Crippen molar-refractivity contribution < 1.29 is 14.5 Å². The molecule has 168 valence electrons. The van der Waals surface area contributed by atoms with Gasteiger partial charge in [-0.2, -0.15) is 4.98 Å². The number of amides is 1. The molecule has 3 aromatic rings. The maximum atomic E-state index is 11.4. The highest BCUT2D eigenvalue weighted by molar-refractivity contribution is 6.31. The van der Waals surface area contributed by atoms with E-state index >= 15 is 0 Å². The zero-order valence-electron chi connectivity index (χ0n) is 17.6. The smallest absolute Gasteiger partial charge is 0.277 e. The van der Waals surface area contributed by atoms with Gasteiger partial charge >= 0.3 is 0 Å². The van der Waals surface area contributed by atoms with E-state index in [1.54, 1.807) is 17.4 Å². The van der Waals surface area contributed by atoms with Gasteiger partial charge < -0.3 is 9.42 Å². The van der Waals surface area contributed by atoms with Crippen LogP contribution in [0.3, 0.4) is 0 Å². The van der Waals surface area contributed by atoms with Crippen LogP contribution in [-0.2, 0) is 13.1 Å². The van der Waals surface area contributed by atoms with E-state index in [0.717, 1.165) is 48.9 Å². The highest BCUT2D eigenvalue weighted by Crippen LogP contribution is 2.28.